The molecule has 0 aliphatic rings. The van der Waals surface area contributed by atoms with Crippen LogP contribution in [0.4, 0.5) is 17.5 Å². The molecule has 108 valence electrons. The number of benzene rings is 1. The average Bonchev–Trinajstić information content (AvgIpc) is 2.91. The van der Waals surface area contributed by atoms with Crippen LogP contribution < -0.4 is 10.6 Å². The van der Waals surface area contributed by atoms with Crippen LogP contribution in [0.15, 0.2) is 34.1 Å². The van der Waals surface area contributed by atoms with Crippen molar-refractivity contribution in [3.8, 4) is 0 Å². The van der Waals surface area contributed by atoms with Crippen molar-refractivity contribution in [2.24, 2.45) is 0 Å². The molecule has 6 heteroatoms. The molecule has 0 spiro atoms. The Kier molecular flexibility index (Phi) is 4.07. The van der Waals surface area contributed by atoms with E-state index in [4.69, 9.17) is 0 Å². The molecule has 2 N–H and O–H groups in total. The van der Waals surface area contributed by atoms with Gasteiger partial charge in [0.2, 0.25) is 5.95 Å². The number of halogens is 1. The van der Waals surface area contributed by atoms with E-state index in [1.54, 1.807) is 11.3 Å². The van der Waals surface area contributed by atoms with Gasteiger partial charge in [-0.1, -0.05) is 15.9 Å². The number of aryl methyl sites for hydroxylation is 1. The molecule has 0 unspecified atom stereocenters. The molecule has 0 fully saturated rings. The van der Waals surface area contributed by atoms with Gasteiger partial charge in [0, 0.05) is 16.7 Å². The van der Waals surface area contributed by atoms with Crippen LogP contribution in [0.1, 0.15) is 12.5 Å². The summed E-state index contributed by atoms with van der Waals surface area (Å²) < 4.78 is 1.07. The number of thiophene rings is 1. The Bertz CT molecular complexity index is 784. The van der Waals surface area contributed by atoms with Gasteiger partial charge in [-0.2, -0.15) is 4.98 Å². The maximum absolute atomic E-state index is 4.58. The Labute approximate surface area is 135 Å². The molecule has 0 aliphatic heterocycles. The van der Waals surface area contributed by atoms with E-state index in [0.29, 0.717) is 5.95 Å². The maximum Gasteiger partial charge on any atom is 0.226 e. The molecular formula is C15H15BrN4S. The summed E-state index contributed by atoms with van der Waals surface area (Å²) in [7, 11) is 0. The number of nitrogens with one attached hydrogen (secondary N) is 2. The highest BCUT2D eigenvalue weighted by Gasteiger charge is 2.10. The summed E-state index contributed by atoms with van der Waals surface area (Å²) in [5, 5.41) is 9.68. The first kappa shape index (κ1) is 14.3. The molecule has 0 bridgehead atoms. The van der Waals surface area contributed by atoms with Crippen molar-refractivity contribution in [3.63, 3.8) is 0 Å². The highest BCUT2D eigenvalue weighted by atomic mass is 79.9. The second-order valence-electron chi connectivity index (χ2n) is 4.65. The van der Waals surface area contributed by atoms with E-state index in [2.05, 4.69) is 49.5 Å². The van der Waals surface area contributed by atoms with Crippen LogP contribution in [0.3, 0.4) is 0 Å². The summed E-state index contributed by atoms with van der Waals surface area (Å²) in [6.45, 7) is 4.91. The molecule has 0 saturated carbocycles. The van der Waals surface area contributed by atoms with Crippen LogP contribution in [0, 0.1) is 6.92 Å². The molecule has 1 aromatic carbocycles. The van der Waals surface area contributed by atoms with Gasteiger partial charge in [-0.25, -0.2) is 4.98 Å². The second kappa shape index (κ2) is 5.99. The lowest BCUT2D eigenvalue weighted by Gasteiger charge is -2.11. The number of nitrogens with zero attached hydrogens (tertiary/aromatic N) is 2. The molecule has 3 rings (SSSR count). The van der Waals surface area contributed by atoms with Crippen LogP contribution in [-0.2, 0) is 0 Å². The van der Waals surface area contributed by atoms with E-state index in [9.17, 15) is 0 Å². The van der Waals surface area contributed by atoms with Crippen molar-refractivity contribution >= 4 is 54.9 Å². The van der Waals surface area contributed by atoms with Crippen LogP contribution in [-0.4, -0.2) is 16.5 Å². The summed E-state index contributed by atoms with van der Waals surface area (Å²) in [5.74, 6) is 1.49. The Morgan fingerprint density at radius 1 is 1.24 bits per heavy atom. The Balaban J connectivity index is 2.04. The third-order valence-corrected chi connectivity index (χ3v) is 4.40. The molecule has 3 aromatic rings. The number of rotatable bonds is 4. The minimum atomic E-state index is 0.657. The van der Waals surface area contributed by atoms with E-state index in [-0.39, 0.29) is 0 Å². The highest BCUT2D eigenvalue weighted by Crippen LogP contribution is 2.30. The highest BCUT2D eigenvalue weighted by molar-refractivity contribution is 9.10. The number of aromatic nitrogens is 2. The fourth-order valence-electron chi connectivity index (χ4n) is 2.08. The molecule has 0 radical (unpaired) electrons. The second-order valence-corrected chi connectivity index (χ2v) is 6.46. The zero-order chi connectivity index (χ0) is 14.8. The van der Waals surface area contributed by atoms with Gasteiger partial charge in [0.05, 0.1) is 5.39 Å². The van der Waals surface area contributed by atoms with Crippen molar-refractivity contribution in [2.45, 2.75) is 13.8 Å². The molecule has 0 aliphatic carbocycles. The molecule has 0 saturated heterocycles. The smallest absolute Gasteiger partial charge is 0.226 e. The fraction of sp³-hybridized carbons (Fsp3) is 0.200. The maximum atomic E-state index is 4.58. The molecule has 0 atom stereocenters. The SMILES string of the molecule is CCNc1nc(Nc2ccc(Br)cc2C)c2ccsc2n1. The largest absolute Gasteiger partial charge is 0.354 e. The lowest BCUT2D eigenvalue weighted by atomic mass is 10.2. The third-order valence-electron chi connectivity index (χ3n) is 3.10. The molecule has 21 heavy (non-hydrogen) atoms. The van der Waals surface area contributed by atoms with E-state index in [1.807, 2.05) is 30.5 Å². The van der Waals surface area contributed by atoms with Crippen molar-refractivity contribution in [3.05, 3.63) is 39.7 Å². The first-order chi connectivity index (χ1) is 10.2. The van der Waals surface area contributed by atoms with Gasteiger partial charge in [-0.15, -0.1) is 11.3 Å². The summed E-state index contributed by atoms with van der Waals surface area (Å²) >= 11 is 5.11. The van der Waals surface area contributed by atoms with E-state index in [0.717, 1.165) is 38.3 Å². The summed E-state index contributed by atoms with van der Waals surface area (Å²) in [4.78, 5) is 10.1. The third kappa shape index (κ3) is 3.01. The lowest BCUT2D eigenvalue weighted by molar-refractivity contribution is 1.11. The Morgan fingerprint density at radius 2 is 2.10 bits per heavy atom. The summed E-state index contributed by atoms with van der Waals surface area (Å²) in [6.07, 6.45) is 0. The number of hydrogen-bond acceptors (Lipinski definition) is 5. The van der Waals surface area contributed by atoms with Gasteiger partial charge in [0.1, 0.15) is 10.6 Å². The predicted octanol–water partition coefficient (Wildman–Crippen LogP) is 4.94. The number of fused-ring (bicyclic) bond motifs is 1. The van der Waals surface area contributed by atoms with Gasteiger partial charge in [-0.05, 0) is 49.1 Å². The Hall–Kier alpha value is -1.66. The van der Waals surface area contributed by atoms with Crippen LogP contribution in [0.5, 0.6) is 0 Å². The van der Waals surface area contributed by atoms with Crippen molar-refractivity contribution in [1.29, 1.82) is 0 Å². The van der Waals surface area contributed by atoms with Gasteiger partial charge < -0.3 is 10.6 Å². The average molecular weight is 363 g/mol. The molecule has 2 heterocycles. The quantitative estimate of drug-likeness (QED) is 0.690. The fourth-order valence-corrected chi connectivity index (χ4v) is 3.32. The van der Waals surface area contributed by atoms with Crippen LogP contribution >= 0.6 is 27.3 Å². The Morgan fingerprint density at radius 3 is 2.86 bits per heavy atom. The normalized spacial score (nSPS) is 10.8. The molecular weight excluding hydrogens is 348 g/mol. The summed E-state index contributed by atoms with van der Waals surface area (Å²) in [5.41, 5.74) is 2.21. The number of anilines is 3. The zero-order valence-corrected chi connectivity index (χ0v) is 14.2. The van der Waals surface area contributed by atoms with E-state index in [1.165, 1.54) is 0 Å². The van der Waals surface area contributed by atoms with E-state index < -0.39 is 0 Å². The summed E-state index contributed by atoms with van der Waals surface area (Å²) in [6, 6.07) is 8.20. The number of hydrogen-bond donors (Lipinski definition) is 2. The molecule has 0 amide bonds. The minimum absolute atomic E-state index is 0.657. The predicted molar refractivity (Wildman–Crippen MR) is 93.7 cm³/mol. The lowest BCUT2D eigenvalue weighted by Crippen LogP contribution is -2.04. The van der Waals surface area contributed by atoms with Gasteiger partial charge >= 0.3 is 0 Å². The van der Waals surface area contributed by atoms with Gasteiger partial charge in [-0.3, -0.25) is 0 Å². The van der Waals surface area contributed by atoms with E-state index >= 15 is 0 Å². The monoisotopic (exact) mass is 362 g/mol. The standard InChI is InChI=1S/C15H15BrN4S/c1-3-17-15-19-13(11-6-7-21-14(11)20-15)18-12-5-4-10(16)8-9(12)2/h4-8H,3H2,1-2H3,(H2,17,18,19,20). The van der Waals surface area contributed by atoms with Crippen molar-refractivity contribution < 1.29 is 0 Å². The van der Waals surface area contributed by atoms with Crippen LogP contribution in [0.2, 0.25) is 0 Å². The topological polar surface area (TPSA) is 49.8 Å². The van der Waals surface area contributed by atoms with Gasteiger partial charge in [0.25, 0.3) is 0 Å². The van der Waals surface area contributed by atoms with Crippen molar-refractivity contribution in [1.82, 2.24) is 9.97 Å². The van der Waals surface area contributed by atoms with Gasteiger partial charge in [0.15, 0.2) is 0 Å². The zero-order valence-electron chi connectivity index (χ0n) is 11.8. The molecule has 4 nitrogen and oxygen atoms in total. The first-order valence-electron chi connectivity index (χ1n) is 6.69. The first-order valence-corrected chi connectivity index (χ1v) is 8.37. The molecule has 2 aromatic heterocycles. The van der Waals surface area contributed by atoms with Crippen molar-refractivity contribution in [2.75, 3.05) is 17.2 Å². The minimum Gasteiger partial charge on any atom is -0.354 e. The van der Waals surface area contributed by atoms with Crippen LogP contribution in [0.25, 0.3) is 10.2 Å².